The van der Waals surface area contributed by atoms with E-state index in [1.807, 2.05) is 6.07 Å². The van der Waals surface area contributed by atoms with Gasteiger partial charge in [0.15, 0.2) is 0 Å². The summed E-state index contributed by atoms with van der Waals surface area (Å²) in [6.07, 6.45) is 0.339. The van der Waals surface area contributed by atoms with Crippen LogP contribution in [0.5, 0.6) is 0 Å². The van der Waals surface area contributed by atoms with Gasteiger partial charge in [-0.05, 0) is 0 Å². The van der Waals surface area contributed by atoms with E-state index in [4.69, 9.17) is 11.0 Å². The molecular formula is C5H9N3O. The molecule has 0 aliphatic carbocycles. The number of nitriles is 1. The molecule has 9 heavy (non-hydrogen) atoms. The highest BCUT2D eigenvalue weighted by Gasteiger charge is 1.92. The number of nitrogens with one attached hydrogen (secondary N) is 1. The van der Waals surface area contributed by atoms with Crippen LogP contribution in [-0.4, -0.2) is 19.0 Å². The molecule has 0 fully saturated rings. The zero-order chi connectivity index (χ0) is 7.11. The van der Waals surface area contributed by atoms with Crippen LogP contribution in [-0.2, 0) is 4.79 Å². The Morgan fingerprint density at radius 1 is 1.78 bits per heavy atom. The van der Waals surface area contributed by atoms with Gasteiger partial charge in [0.05, 0.1) is 19.0 Å². The molecule has 0 atom stereocenters. The molecule has 0 unspecified atom stereocenters. The van der Waals surface area contributed by atoms with Gasteiger partial charge in [-0.1, -0.05) is 0 Å². The molecule has 0 aliphatic heterocycles. The van der Waals surface area contributed by atoms with E-state index >= 15 is 0 Å². The molecule has 0 heterocycles. The van der Waals surface area contributed by atoms with Crippen molar-refractivity contribution in [1.82, 2.24) is 5.32 Å². The third-order valence-electron chi connectivity index (χ3n) is 0.744. The minimum absolute atomic E-state index is 0.00850. The van der Waals surface area contributed by atoms with E-state index in [0.29, 0.717) is 13.0 Å². The first-order chi connectivity index (χ1) is 4.31. The van der Waals surface area contributed by atoms with Gasteiger partial charge in [-0.15, -0.1) is 0 Å². The molecule has 0 rings (SSSR count). The van der Waals surface area contributed by atoms with Crippen LogP contribution in [0.2, 0.25) is 0 Å². The maximum Gasteiger partial charge on any atom is 0.233 e. The van der Waals surface area contributed by atoms with Gasteiger partial charge < -0.3 is 11.1 Å². The maximum atomic E-state index is 10.3. The molecule has 1 amide bonds. The lowest BCUT2D eigenvalue weighted by atomic mass is 10.4. The minimum Gasteiger partial charge on any atom is -0.354 e. The summed E-state index contributed by atoms with van der Waals surface area (Å²) in [4.78, 5) is 10.3. The Labute approximate surface area is 53.6 Å². The molecule has 3 N–H and O–H groups in total. The molecule has 0 bridgehead atoms. The number of rotatable bonds is 3. The Hall–Kier alpha value is -1.08. The fourth-order valence-corrected chi connectivity index (χ4v) is 0.330. The van der Waals surface area contributed by atoms with E-state index in [0.717, 1.165) is 0 Å². The topological polar surface area (TPSA) is 78.9 Å². The van der Waals surface area contributed by atoms with Crippen molar-refractivity contribution in [2.45, 2.75) is 6.42 Å². The van der Waals surface area contributed by atoms with E-state index in [1.54, 1.807) is 0 Å². The summed E-state index contributed by atoms with van der Waals surface area (Å²) in [5, 5.41) is 10.5. The van der Waals surface area contributed by atoms with Gasteiger partial charge in [-0.25, -0.2) is 0 Å². The van der Waals surface area contributed by atoms with Crippen molar-refractivity contribution >= 4 is 5.91 Å². The first-order valence-corrected chi connectivity index (χ1v) is 2.65. The van der Waals surface area contributed by atoms with Crippen molar-refractivity contribution in [2.75, 3.05) is 13.1 Å². The lowest BCUT2D eigenvalue weighted by molar-refractivity contribution is -0.119. The smallest absolute Gasteiger partial charge is 0.233 e. The van der Waals surface area contributed by atoms with Gasteiger partial charge >= 0.3 is 0 Å². The Kier molecular flexibility index (Phi) is 4.46. The summed E-state index contributed by atoms with van der Waals surface area (Å²) < 4.78 is 0. The van der Waals surface area contributed by atoms with Gasteiger partial charge in [0.1, 0.15) is 0 Å². The van der Waals surface area contributed by atoms with E-state index in [1.165, 1.54) is 0 Å². The number of carbonyl (C=O) groups excluding carboxylic acids is 1. The monoisotopic (exact) mass is 127 g/mol. The standard InChI is InChI=1S/C5H9N3O/c6-2-1-3-8-5(9)4-7/h1,3-4,7H2,(H,8,9). The van der Waals surface area contributed by atoms with Crippen LogP contribution in [0.1, 0.15) is 6.42 Å². The zero-order valence-electron chi connectivity index (χ0n) is 5.05. The molecule has 0 saturated carbocycles. The van der Waals surface area contributed by atoms with Gasteiger partial charge in [0.25, 0.3) is 0 Å². The molecule has 4 heteroatoms. The lowest BCUT2D eigenvalue weighted by Crippen LogP contribution is -2.30. The van der Waals surface area contributed by atoms with Crippen LogP contribution >= 0.6 is 0 Å². The maximum absolute atomic E-state index is 10.3. The third-order valence-corrected chi connectivity index (χ3v) is 0.744. The van der Waals surface area contributed by atoms with Crippen molar-refractivity contribution in [2.24, 2.45) is 5.73 Å². The molecular weight excluding hydrogens is 118 g/mol. The van der Waals surface area contributed by atoms with Crippen LogP contribution in [0, 0.1) is 11.3 Å². The summed E-state index contributed by atoms with van der Waals surface area (Å²) in [6.45, 7) is 0.387. The van der Waals surface area contributed by atoms with Gasteiger partial charge in [0, 0.05) is 6.54 Å². The molecule has 0 aromatic rings. The fourth-order valence-electron chi connectivity index (χ4n) is 0.330. The lowest BCUT2D eigenvalue weighted by Gasteiger charge is -1.96. The number of nitrogens with zero attached hydrogens (tertiary/aromatic N) is 1. The predicted molar refractivity (Wildman–Crippen MR) is 32.3 cm³/mol. The molecule has 0 spiro atoms. The number of nitrogens with two attached hydrogens (primary N) is 1. The van der Waals surface area contributed by atoms with E-state index in [9.17, 15) is 4.79 Å². The molecule has 0 aromatic heterocycles. The van der Waals surface area contributed by atoms with Crippen LogP contribution in [0.3, 0.4) is 0 Å². The SMILES string of the molecule is N#CCCNC(=O)CN. The van der Waals surface area contributed by atoms with Crippen molar-refractivity contribution in [3.05, 3.63) is 0 Å². The van der Waals surface area contributed by atoms with Crippen LogP contribution < -0.4 is 11.1 Å². The highest BCUT2D eigenvalue weighted by Crippen LogP contribution is 1.68. The molecule has 50 valence electrons. The van der Waals surface area contributed by atoms with Gasteiger partial charge in [0.2, 0.25) is 5.91 Å². The Morgan fingerprint density at radius 2 is 2.44 bits per heavy atom. The normalized spacial score (nSPS) is 8.00. The molecule has 0 aromatic carbocycles. The second-order valence-electron chi connectivity index (χ2n) is 1.46. The summed E-state index contributed by atoms with van der Waals surface area (Å²) >= 11 is 0. The van der Waals surface area contributed by atoms with Crippen molar-refractivity contribution in [3.63, 3.8) is 0 Å². The zero-order valence-corrected chi connectivity index (χ0v) is 5.05. The fraction of sp³-hybridized carbons (Fsp3) is 0.600. The predicted octanol–water partition coefficient (Wildman–Crippen LogP) is -1.03. The highest BCUT2D eigenvalue weighted by atomic mass is 16.1. The molecule has 4 nitrogen and oxygen atoms in total. The highest BCUT2D eigenvalue weighted by molar-refractivity contribution is 5.77. The molecule has 0 radical (unpaired) electrons. The van der Waals surface area contributed by atoms with Gasteiger partial charge in [-0.2, -0.15) is 5.26 Å². The second-order valence-corrected chi connectivity index (χ2v) is 1.46. The number of carbonyl (C=O) groups is 1. The van der Waals surface area contributed by atoms with E-state index in [2.05, 4.69) is 5.32 Å². The molecule has 0 aliphatic rings. The van der Waals surface area contributed by atoms with Crippen LogP contribution in [0.25, 0.3) is 0 Å². The van der Waals surface area contributed by atoms with E-state index < -0.39 is 0 Å². The summed E-state index contributed by atoms with van der Waals surface area (Å²) in [5.41, 5.74) is 4.96. The first-order valence-electron chi connectivity index (χ1n) is 2.65. The summed E-state index contributed by atoms with van der Waals surface area (Å²) in [5.74, 6) is -0.217. The summed E-state index contributed by atoms with van der Waals surface area (Å²) in [6, 6.07) is 1.89. The van der Waals surface area contributed by atoms with Crippen LogP contribution in [0.15, 0.2) is 0 Å². The number of amides is 1. The average molecular weight is 127 g/mol. The second kappa shape index (κ2) is 5.06. The Bertz CT molecular complexity index is 127. The third kappa shape index (κ3) is 4.78. The van der Waals surface area contributed by atoms with Gasteiger partial charge in [-0.3, -0.25) is 4.79 Å². The minimum atomic E-state index is -0.217. The average Bonchev–Trinajstić information content (AvgIpc) is 1.89. The quantitative estimate of drug-likeness (QED) is 0.476. The van der Waals surface area contributed by atoms with Crippen molar-refractivity contribution in [1.29, 1.82) is 5.26 Å². The van der Waals surface area contributed by atoms with Crippen molar-refractivity contribution < 1.29 is 4.79 Å². The van der Waals surface area contributed by atoms with E-state index in [-0.39, 0.29) is 12.5 Å². The number of hydrogen-bond acceptors (Lipinski definition) is 3. The number of hydrogen-bond donors (Lipinski definition) is 2. The molecule has 0 saturated heterocycles. The van der Waals surface area contributed by atoms with Crippen LogP contribution in [0.4, 0.5) is 0 Å². The summed E-state index contributed by atoms with van der Waals surface area (Å²) in [7, 11) is 0. The Balaban J connectivity index is 3.09. The Morgan fingerprint density at radius 3 is 2.89 bits per heavy atom. The largest absolute Gasteiger partial charge is 0.354 e. The van der Waals surface area contributed by atoms with Crippen molar-refractivity contribution in [3.8, 4) is 6.07 Å². The first kappa shape index (κ1) is 7.92.